The van der Waals surface area contributed by atoms with E-state index in [4.69, 9.17) is 0 Å². The molecule has 0 aliphatic carbocycles. The number of aromatic amines is 3. The minimum atomic E-state index is -0.280. The van der Waals surface area contributed by atoms with Gasteiger partial charge in [-0.05, 0) is 42.3 Å². The summed E-state index contributed by atoms with van der Waals surface area (Å²) in [5.41, 5.74) is 6.82. The van der Waals surface area contributed by atoms with Crippen LogP contribution < -0.4 is 0 Å². The normalized spacial score (nSPS) is 11.5. The van der Waals surface area contributed by atoms with Gasteiger partial charge in [-0.15, -0.1) is 0 Å². The fourth-order valence-electron chi connectivity index (χ4n) is 3.81. The van der Waals surface area contributed by atoms with E-state index < -0.39 is 0 Å². The van der Waals surface area contributed by atoms with Crippen LogP contribution in [0.15, 0.2) is 55.1 Å². The van der Waals surface area contributed by atoms with Crippen LogP contribution in [0, 0.1) is 12.7 Å². The first-order valence-electron chi connectivity index (χ1n) is 9.61. The van der Waals surface area contributed by atoms with Gasteiger partial charge in [-0.1, -0.05) is 6.07 Å². The van der Waals surface area contributed by atoms with Crippen molar-refractivity contribution in [1.29, 1.82) is 0 Å². The average Bonchev–Trinajstić information content (AvgIpc) is 3.50. The van der Waals surface area contributed by atoms with Gasteiger partial charge in [0.2, 0.25) is 0 Å². The molecule has 0 fully saturated rings. The maximum absolute atomic E-state index is 14.0. The summed E-state index contributed by atoms with van der Waals surface area (Å²) in [6.07, 6.45) is 6.97. The van der Waals surface area contributed by atoms with Gasteiger partial charge in [-0.3, -0.25) is 10.2 Å². The number of fused-ring (bicyclic) bond motifs is 2. The highest BCUT2D eigenvalue weighted by Gasteiger charge is 2.17. The van der Waals surface area contributed by atoms with Crippen molar-refractivity contribution in [3.63, 3.8) is 0 Å². The number of hydrogen-bond donors (Lipinski definition) is 3. The van der Waals surface area contributed by atoms with Gasteiger partial charge in [0, 0.05) is 35.3 Å². The van der Waals surface area contributed by atoms with E-state index in [-0.39, 0.29) is 5.82 Å². The Balaban J connectivity index is 1.53. The molecule has 0 unspecified atom stereocenters. The van der Waals surface area contributed by atoms with Gasteiger partial charge >= 0.3 is 0 Å². The molecule has 0 spiro atoms. The van der Waals surface area contributed by atoms with Gasteiger partial charge in [0.1, 0.15) is 11.5 Å². The summed E-state index contributed by atoms with van der Waals surface area (Å²) in [6.45, 7) is 1.87. The Kier molecular flexibility index (Phi) is 3.69. The number of nitrogens with zero attached hydrogens (tertiary/aromatic N) is 5. The Morgan fingerprint density at radius 1 is 0.935 bits per heavy atom. The molecule has 31 heavy (non-hydrogen) atoms. The molecule has 0 aliphatic heterocycles. The van der Waals surface area contributed by atoms with Gasteiger partial charge in [0.15, 0.2) is 17.1 Å². The molecule has 3 N–H and O–H groups in total. The van der Waals surface area contributed by atoms with Gasteiger partial charge in [0.25, 0.3) is 0 Å². The third kappa shape index (κ3) is 2.86. The van der Waals surface area contributed by atoms with Crippen molar-refractivity contribution in [2.75, 3.05) is 0 Å². The van der Waals surface area contributed by atoms with Gasteiger partial charge in [0.05, 0.1) is 17.1 Å². The highest BCUT2D eigenvalue weighted by atomic mass is 19.1. The molecule has 6 rings (SSSR count). The van der Waals surface area contributed by atoms with E-state index in [2.05, 4.69) is 40.3 Å². The number of benzene rings is 1. The van der Waals surface area contributed by atoms with E-state index in [9.17, 15) is 4.39 Å². The van der Waals surface area contributed by atoms with E-state index in [0.29, 0.717) is 22.8 Å². The zero-order valence-electron chi connectivity index (χ0n) is 16.3. The molecule has 0 amide bonds. The molecule has 8 nitrogen and oxygen atoms in total. The summed E-state index contributed by atoms with van der Waals surface area (Å²) < 4.78 is 14.0. The lowest BCUT2D eigenvalue weighted by Gasteiger charge is -2.04. The summed E-state index contributed by atoms with van der Waals surface area (Å²) in [7, 11) is 0. The zero-order chi connectivity index (χ0) is 20.9. The van der Waals surface area contributed by atoms with Crippen molar-refractivity contribution >= 4 is 22.2 Å². The van der Waals surface area contributed by atoms with Crippen LogP contribution in [-0.2, 0) is 0 Å². The van der Waals surface area contributed by atoms with E-state index in [1.165, 1.54) is 12.1 Å². The Morgan fingerprint density at radius 2 is 1.87 bits per heavy atom. The predicted molar refractivity (Wildman–Crippen MR) is 114 cm³/mol. The average molecular weight is 410 g/mol. The summed E-state index contributed by atoms with van der Waals surface area (Å²) in [5, 5.41) is 15.0. The quantitative estimate of drug-likeness (QED) is 0.400. The summed E-state index contributed by atoms with van der Waals surface area (Å²) in [4.78, 5) is 16.8. The first-order valence-corrected chi connectivity index (χ1v) is 9.61. The molecule has 0 atom stereocenters. The topological polar surface area (TPSA) is 112 Å². The van der Waals surface area contributed by atoms with Crippen LogP contribution in [0.25, 0.3) is 56.0 Å². The third-order valence-electron chi connectivity index (χ3n) is 5.22. The summed E-state index contributed by atoms with van der Waals surface area (Å²) in [6, 6.07) is 8.79. The van der Waals surface area contributed by atoms with Crippen molar-refractivity contribution in [1.82, 2.24) is 40.3 Å². The Labute approximate surface area is 174 Å². The van der Waals surface area contributed by atoms with E-state index in [1.807, 2.05) is 25.1 Å². The molecule has 1 aromatic carbocycles. The Morgan fingerprint density at radius 3 is 2.71 bits per heavy atom. The van der Waals surface area contributed by atoms with Gasteiger partial charge in [-0.25, -0.2) is 19.3 Å². The van der Waals surface area contributed by atoms with Crippen molar-refractivity contribution in [2.45, 2.75) is 6.92 Å². The fourth-order valence-corrected chi connectivity index (χ4v) is 3.81. The van der Waals surface area contributed by atoms with Gasteiger partial charge in [-0.2, -0.15) is 10.2 Å². The van der Waals surface area contributed by atoms with Crippen molar-refractivity contribution < 1.29 is 4.39 Å². The fraction of sp³-hybridized carbons (Fsp3) is 0.0455. The van der Waals surface area contributed by atoms with E-state index in [0.717, 1.165) is 38.7 Å². The van der Waals surface area contributed by atoms with Crippen molar-refractivity contribution in [3.8, 4) is 33.8 Å². The molecule has 6 aromatic rings. The number of rotatable bonds is 3. The van der Waals surface area contributed by atoms with Crippen molar-refractivity contribution in [2.24, 2.45) is 0 Å². The zero-order valence-corrected chi connectivity index (χ0v) is 16.3. The minimum absolute atomic E-state index is 0.280. The Bertz CT molecular complexity index is 1540. The van der Waals surface area contributed by atoms with Crippen LogP contribution in [0.5, 0.6) is 0 Å². The van der Waals surface area contributed by atoms with Crippen LogP contribution >= 0.6 is 0 Å². The second-order valence-electron chi connectivity index (χ2n) is 7.34. The molecule has 5 aromatic heterocycles. The Hall–Kier alpha value is -4.40. The summed E-state index contributed by atoms with van der Waals surface area (Å²) in [5.74, 6) is 0.300. The number of pyridine rings is 2. The van der Waals surface area contributed by atoms with Crippen LogP contribution in [0.2, 0.25) is 0 Å². The first-order chi connectivity index (χ1) is 15.2. The molecule has 0 radical (unpaired) electrons. The van der Waals surface area contributed by atoms with E-state index in [1.54, 1.807) is 24.8 Å². The standard InChI is InChI=1S/C22H15FN8/c1-11-4-12(6-15(23)5-11)16-2-3-24-21-18(16)28-22(29-21)19-17-7-13(14-9-26-27-10-14)8-25-20(17)31-30-19/h2-10H,1H3,(H,26,27)(H,24,28,29)(H,25,30,31). The number of nitrogens with one attached hydrogen (secondary N) is 3. The molecule has 5 heterocycles. The molecule has 0 aliphatic rings. The third-order valence-corrected chi connectivity index (χ3v) is 5.22. The van der Waals surface area contributed by atoms with Gasteiger partial charge < -0.3 is 4.98 Å². The van der Waals surface area contributed by atoms with Crippen LogP contribution in [0.4, 0.5) is 4.39 Å². The smallest absolute Gasteiger partial charge is 0.181 e. The van der Waals surface area contributed by atoms with Crippen LogP contribution in [-0.4, -0.2) is 40.3 Å². The molecular weight excluding hydrogens is 395 g/mol. The SMILES string of the molecule is Cc1cc(F)cc(-c2ccnc3nc(-c4[nH]nc5ncc(-c6cn[nH]c6)cc45)[nH]c23)c1. The second kappa shape index (κ2) is 6.56. The number of imidazole rings is 1. The lowest BCUT2D eigenvalue weighted by Crippen LogP contribution is -1.86. The number of halogens is 1. The first kappa shape index (κ1) is 17.5. The monoisotopic (exact) mass is 410 g/mol. The van der Waals surface area contributed by atoms with E-state index >= 15 is 0 Å². The number of H-pyrrole nitrogens is 3. The van der Waals surface area contributed by atoms with Crippen molar-refractivity contribution in [3.05, 3.63) is 66.5 Å². The number of hydrogen-bond acceptors (Lipinski definition) is 5. The maximum Gasteiger partial charge on any atom is 0.181 e. The molecule has 0 saturated carbocycles. The number of aryl methyl sites for hydroxylation is 1. The molecule has 0 bridgehead atoms. The lowest BCUT2D eigenvalue weighted by atomic mass is 10.0. The second-order valence-corrected chi connectivity index (χ2v) is 7.34. The highest BCUT2D eigenvalue weighted by Crippen LogP contribution is 2.32. The summed E-state index contributed by atoms with van der Waals surface area (Å²) >= 11 is 0. The largest absolute Gasteiger partial charge is 0.335 e. The lowest BCUT2D eigenvalue weighted by molar-refractivity contribution is 0.627. The maximum atomic E-state index is 14.0. The molecule has 150 valence electrons. The molecular formula is C22H15FN8. The minimum Gasteiger partial charge on any atom is -0.335 e. The predicted octanol–water partition coefficient (Wildman–Crippen LogP) is 4.40. The van der Waals surface area contributed by atoms with Crippen LogP contribution in [0.3, 0.4) is 0 Å². The number of aromatic nitrogens is 8. The highest BCUT2D eigenvalue weighted by molar-refractivity contribution is 5.96. The molecule has 0 saturated heterocycles. The molecule has 9 heteroatoms. The van der Waals surface area contributed by atoms with Crippen LogP contribution in [0.1, 0.15) is 5.56 Å².